The van der Waals surface area contributed by atoms with Gasteiger partial charge in [0.15, 0.2) is 5.96 Å². The molecule has 0 saturated carbocycles. The van der Waals surface area contributed by atoms with E-state index < -0.39 is 0 Å². The SMILES string of the molecule is CCCCCCCn1cc(-c2noc(C3CCCN3C(=N)N)n2)c2ccccc21.Cl. The van der Waals surface area contributed by atoms with Crippen LogP contribution in [0.2, 0.25) is 0 Å². The first-order chi connectivity index (χ1) is 14.2. The summed E-state index contributed by atoms with van der Waals surface area (Å²) in [6, 6.07) is 8.30. The number of guanidine groups is 1. The standard InChI is InChI=1S/C22H30N6O.ClH/c1-2-3-4-5-8-13-27-15-17(16-10-6-7-11-18(16)27)20-25-21(29-26-20)19-12-9-14-28(19)22(23)24;/h6-7,10-11,15,19H,2-5,8-9,12-14H2,1H3,(H3,23,24);1H. The minimum absolute atomic E-state index is 0. The number of aromatic nitrogens is 3. The molecule has 1 saturated heterocycles. The second-order valence-corrected chi connectivity index (χ2v) is 7.86. The van der Waals surface area contributed by atoms with Gasteiger partial charge < -0.3 is 19.7 Å². The van der Waals surface area contributed by atoms with Gasteiger partial charge in [-0.2, -0.15) is 4.98 Å². The van der Waals surface area contributed by atoms with Gasteiger partial charge in [0.25, 0.3) is 0 Å². The van der Waals surface area contributed by atoms with E-state index in [1.807, 2.05) is 11.0 Å². The quantitative estimate of drug-likeness (QED) is 0.294. The Kier molecular flexibility index (Phi) is 7.37. The van der Waals surface area contributed by atoms with Crippen molar-refractivity contribution < 1.29 is 4.52 Å². The molecule has 7 nitrogen and oxygen atoms in total. The lowest BCUT2D eigenvalue weighted by Crippen LogP contribution is -2.35. The van der Waals surface area contributed by atoms with Gasteiger partial charge in [-0.1, -0.05) is 56.0 Å². The largest absolute Gasteiger partial charge is 0.370 e. The first kappa shape index (κ1) is 22.2. The molecule has 1 aliphatic rings. The summed E-state index contributed by atoms with van der Waals surface area (Å²) in [5.74, 6) is 1.22. The highest BCUT2D eigenvalue weighted by atomic mass is 35.5. The average Bonchev–Trinajstić information content (AvgIpc) is 3.45. The molecular formula is C22H31ClN6O. The van der Waals surface area contributed by atoms with E-state index in [1.165, 1.54) is 37.6 Å². The fourth-order valence-electron chi connectivity index (χ4n) is 4.29. The summed E-state index contributed by atoms with van der Waals surface area (Å²) < 4.78 is 7.91. The van der Waals surface area contributed by atoms with Gasteiger partial charge in [0, 0.05) is 35.8 Å². The van der Waals surface area contributed by atoms with Crippen LogP contribution in [-0.2, 0) is 6.54 Å². The molecule has 1 aliphatic heterocycles. The molecule has 3 heterocycles. The third-order valence-electron chi connectivity index (χ3n) is 5.82. The lowest BCUT2D eigenvalue weighted by molar-refractivity contribution is 0.283. The molecule has 0 aliphatic carbocycles. The van der Waals surface area contributed by atoms with Gasteiger partial charge in [-0.05, 0) is 25.3 Å². The number of para-hydroxylation sites is 1. The van der Waals surface area contributed by atoms with Crippen LogP contribution < -0.4 is 5.73 Å². The number of hydrogen-bond donors (Lipinski definition) is 2. The number of nitrogens with two attached hydrogens (primary N) is 1. The molecule has 162 valence electrons. The third kappa shape index (κ3) is 4.46. The lowest BCUT2D eigenvalue weighted by Gasteiger charge is -2.21. The Balaban J connectivity index is 0.00000256. The maximum Gasteiger partial charge on any atom is 0.249 e. The number of benzene rings is 1. The summed E-state index contributed by atoms with van der Waals surface area (Å²) in [4.78, 5) is 6.52. The van der Waals surface area contributed by atoms with Gasteiger partial charge in [-0.25, -0.2) is 0 Å². The smallest absolute Gasteiger partial charge is 0.249 e. The second-order valence-electron chi connectivity index (χ2n) is 7.86. The molecule has 3 aromatic rings. The van der Waals surface area contributed by atoms with Crippen LogP contribution in [0.1, 0.15) is 63.8 Å². The van der Waals surface area contributed by atoms with Crippen molar-refractivity contribution in [1.29, 1.82) is 5.41 Å². The van der Waals surface area contributed by atoms with Crippen LogP contribution in [0.3, 0.4) is 0 Å². The Morgan fingerprint density at radius 1 is 1.23 bits per heavy atom. The number of rotatable bonds is 8. The summed E-state index contributed by atoms with van der Waals surface area (Å²) in [6.45, 7) is 4.00. The van der Waals surface area contributed by atoms with Gasteiger partial charge in [0.05, 0.1) is 0 Å². The van der Waals surface area contributed by atoms with Crippen LogP contribution >= 0.6 is 12.4 Å². The molecule has 2 aromatic heterocycles. The van der Waals surface area contributed by atoms with Crippen LogP contribution in [0.15, 0.2) is 35.0 Å². The van der Waals surface area contributed by atoms with E-state index in [0.717, 1.165) is 36.9 Å². The van der Waals surface area contributed by atoms with Crippen molar-refractivity contribution in [2.45, 2.75) is 64.5 Å². The summed E-state index contributed by atoms with van der Waals surface area (Å²) in [5.41, 5.74) is 7.92. The van der Waals surface area contributed by atoms with Crippen molar-refractivity contribution in [3.05, 3.63) is 36.4 Å². The van der Waals surface area contributed by atoms with Crippen LogP contribution in [0, 0.1) is 5.41 Å². The Morgan fingerprint density at radius 2 is 2.03 bits per heavy atom. The Labute approximate surface area is 183 Å². The average molecular weight is 431 g/mol. The number of likely N-dealkylation sites (tertiary alicyclic amines) is 1. The van der Waals surface area contributed by atoms with Crippen LogP contribution in [0.4, 0.5) is 0 Å². The summed E-state index contributed by atoms with van der Waals surface area (Å²) in [7, 11) is 0. The van der Waals surface area contributed by atoms with Crippen molar-refractivity contribution in [3.8, 4) is 11.4 Å². The molecule has 1 atom stereocenters. The van der Waals surface area contributed by atoms with E-state index in [9.17, 15) is 0 Å². The summed E-state index contributed by atoms with van der Waals surface area (Å²) in [5, 5.41) is 13.2. The molecule has 1 fully saturated rings. The number of hydrogen-bond acceptors (Lipinski definition) is 4. The zero-order chi connectivity index (χ0) is 20.2. The number of fused-ring (bicyclic) bond motifs is 1. The topological polar surface area (TPSA) is 97.0 Å². The maximum absolute atomic E-state index is 7.77. The number of nitrogens with one attached hydrogen (secondary N) is 1. The fraction of sp³-hybridized carbons (Fsp3) is 0.500. The minimum atomic E-state index is -0.0966. The monoisotopic (exact) mass is 430 g/mol. The van der Waals surface area contributed by atoms with Gasteiger partial charge in [0.2, 0.25) is 11.7 Å². The van der Waals surface area contributed by atoms with Crippen molar-refractivity contribution in [2.75, 3.05) is 6.54 Å². The summed E-state index contributed by atoms with van der Waals surface area (Å²) in [6.07, 6.45) is 10.3. The molecule has 0 bridgehead atoms. The van der Waals surface area contributed by atoms with Crippen molar-refractivity contribution in [3.63, 3.8) is 0 Å². The van der Waals surface area contributed by atoms with Crippen molar-refractivity contribution in [2.24, 2.45) is 5.73 Å². The Hall–Kier alpha value is -2.54. The van der Waals surface area contributed by atoms with E-state index in [1.54, 1.807) is 0 Å². The van der Waals surface area contributed by atoms with Crippen LogP contribution in [-0.4, -0.2) is 32.1 Å². The third-order valence-corrected chi connectivity index (χ3v) is 5.82. The normalized spacial score (nSPS) is 16.2. The van der Waals surface area contributed by atoms with Gasteiger partial charge in [-0.15, -0.1) is 12.4 Å². The van der Waals surface area contributed by atoms with E-state index >= 15 is 0 Å². The van der Waals surface area contributed by atoms with Crippen LogP contribution in [0.5, 0.6) is 0 Å². The molecule has 0 amide bonds. The fourth-order valence-corrected chi connectivity index (χ4v) is 4.29. The number of aryl methyl sites for hydroxylation is 1. The molecule has 4 rings (SSSR count). The van der Waals surface area contributed by atoms with E-state index in [4.69, 9.17) is 20.7 Å². The van der Waals surface area contributed by atoms with Crippen molar-refractivity contribution >= 4 is 29.3 Å². The molecule has 0 spiro atoms. The highest BCUT2D eigenvalue weighted by Gasteiger charge is 2.32. The highest BCUT2D eigenvalue weighted by Crippen LogP contribution is 2.34. The predicted molar refractivity (Wildman–Crippen MR) is 122 cm³/mol. The van der Waals surface area contributed by atoms with Crippen LogP contribution in [0.25, 0.3) is 22.3 Å². The second kappa shape index (κ2) is 9.98. The van der Waals surface area contributed by atoms with Gasteiger partial charge >= 0.3 is 0 Å². The first-order valence-electron chi connectivity index (χ1n) is 10.7. The lowest BCUT2D eigenvalue weighted by atomic mass is 10.1. The molecule has 1 aromatic carbocycles. The molecule has 1 unspecified atom stereocenters. The minimum Gasteiger partial charge on any atom is -0.370 e. The maximum atomic E-state index is 7.77. The molecule has 30 heavy (non-hydrogen) atoms. The van der Waals surface area contributed by atoms with E-state index in [-0.39, 0.29) is 24.4 Å². The van der Waals surface area contributed by atoms with E-state index in [2.05, 4.69) is 41.0 Å². The molecule has 0 radical (unpaired) electrons. The summed E-state index contributed by atoms with van der Waals surface area (Å²) >= 11 is 0. The highest BCUT2D eigenvalue weighted by molar-refractivity contribution is 5.94. The van der Waals surface area contributed by atoms with Gasteiger partial charge in [-0.3, -0.25) is 5.41 Å². The van der Waals surface area contributed by atoms with Crippen molar-refractivity contribution in [1.82, 2.24) is 19.6 Å². The zero-order valence-corrected chi connectivity index (χ0v) is 18.3. The Morgan fingerprint density at radius 3 is 2.83 bits per heavy atom. The molecular weight excluding hydrogens is 400 g/mol. The molecule has 8 heteroatoms. The number of halogens is 1. The first-order valence-corrected chi connectivity index (χ1v) is 10.7. The van der Waals surface area contributed by atoms with Gasteiger partial charge in [0.1, 0.15) is 6.04 Å². The number of unbranched alkanes of at least 4 members (excludes halogenated alkanes) is 4. The predicted octanol–water partition coefficient (Wildman–Crippen LogP) is 5.11. The number of nitrogens with zero attached hydrogens (tertiary/aromatic N) is 4. The zero-order valence-electron chi connectivity index (χ0n) is 17.5. The Bertz CT molecular complexity index is 981. The molecule has 3 N–H and O–H groups in total. The van der Waals surface area contributed by atoms with E-state index in [0.29, 0.717) is 11.7 Å².